The zero-order chi connectivity index (χ0) is 21.9. The Labute approximate surface area is 182 Å². The maximum atomic E-state index is 12.5. The van der Waals surface area contributed by atoms with Gasteiger partial charge in [-0.15, -0.1) is 0 Å². The van der Waals surface area contributed by atoms with Crippen LogP contribution >= 0.6 is 0 Å². The van der Waals surface area contributed by atoms with Crippen molar-refractivity contribution >= 4 is 40.2 Å². The normalized spacial score (nSPS) is 10.8. The van der Waals surface area contributed by atoms with Gasteiger partial charge in [-0.3, -0.25) is 0 Å². The summed E-state index contributed by atoms with van der Waals surface area (Å²) < 4.78 is 5.57. The predicted molar refractivity (Wildman–Crippen MR) is 125 cm³/mol. The number of hydrogen-bond donors (Lipinski definition) is 3. The van der Waals surface area contributed by atoms with E-state index in [0.717, 1.165) is 16.6 Å². The van der Waals surface area contributed by atoms with E-state index < -0.39 is 5.63 Å². The number of nitrogen functional groups attached to an aromatic ring is 1. The third-order valence-electron chi connectivity index (χ3n) is 4.76. The van der Waals surface area contributed by atoms with Gasteiger partial charge < -0.3 is 20.8 Å². The van der Waals surface area contributed by atoms with Gasteiger partial charge >= 0.3 is 5.63 Å². The Kier molecular flexibility index (Phi) is 4.93. The topological polar surface area (TPSA) is 119 Å². The van der Waals surface area contributed by atoms with Crippen LogP contribution in [0, 0.1) is 0 Å². The summed E-state index contributed by atoms with van der Waals surface area (Å²) in [6, 6.07) is 26.2. The van der Waals surface area contributed by atoms with Crippen LogP contribution in [0.1, 0.15) is 0 Å². The van der Waals surface area contributed by atoms with Crippen LogP contribution in [0.2, 0.25) is 0 Å². The van der Waals surface area contributed by atoms with Crippen molar-refractivity contribution in [3.63, 3.8) is 0 Å². The number of hydrogen-bond acceptors (Lipinski definition) is 8. The summed E-state index contributed by atoms with van der Waals surface area (Å²) in [5, 5.41) is 6.97. The van der Waals surface area contributed by atoms with E-state index in [9.17, 15) is 4.79 Å². The lowest BCUT2D eigenvalue weighted by Crippen LogP contribution is -2.07. The van der Waals surface area contributed by atoms with Crippen molar-refractivity contribution in [3.05, 3.63) is 95.3 Å². The van der Waals surface area contributed by atoms with E-state index in [1.165, 1.54) is 0 Å². The van der Waals surface area contributed by atoms with Crippen LogP contribution in [0.4, 0.5) is 29.2 Å². The lowest BCUT2D eigenvalue weighted by Gasteiger charge is -2.09. The molecule has 8 heteroatoms. The second kappa shape index (κ2) is 8.19. The Morgan fingerprint density at radius 2 is 1.38 bits per heavy atom. The van der Waals surface area contributed by atoms with Gasteiger partial charge in [-0.25, -0.2) is 4.79 Å². The third-order valence-corrected chi connectivity index (χ3v) is 4.76. The quantitative estimate of drug-likeness (QED) is 0.348. The largest absolute Gasteiger partial charge is 0.422 e. The van der Waals surface area contributed by atoms with Crippen molar-refractivity contribution in [1.82, 2.24) is 15.0 Å². The minimum absolute atomic E-state index is 0.0701. The molecule has 0 bridgehead atoms. The molecule has 0 radical (unpaired) electrons. The zero-order valence-corrected chi connectivity index (χ0v) is 16.8. The maximum absolute atomic E-state index is 12.5. The fourth-order valence-electron chi connectivity index (χ4n) is 3.29. The van der Waals surface area contributed by atoms with E-state index in [2.05, 4.69) is 25.6 Å². The molecule has 0 aliphatic carbocycles. The van der Waals surface area contributed by atoms with Gasteiger partial charge in [-0.05, 0) is 35.9 Å². The van der Waals surface area contributed by atoms with Crippen LogP contribution < -0.4 is 22.0 Å². The number of anilines is 5. The van der Waals surface area contributed by atoms with E-state index >= 15 is 0 Å². The van der Waals surface area contributed by atoms with Crippen LogP contribution in [0.5, 0.6) is 0 Å². The van der Waals surface area contributed by atoms with Crippen molar-refractivity contribution in [3.8, 4) is 11.1 Å². The van der Waals surface area contributed by atoms with E-state index in [0.29, 0.717) is 22.8 Å². The second-order valence-electron chi connectivity index (χ2n) is 7.02. The smallest absolute Gasteiger partial charge is 0.344 e. The summed E-state index contributed by atoms with van der Waals surface area (Å²) in [4.78, 5) is 25.1. The van der Waals surface area contributed by atoms with E-state index in [1.807, 2.05) is 78.9 Å². The number of rotatable bonds is 5. The van der Waals surface area contributed by atoms with Crippen molar-refractivity contribution in [2.75, 3.05) is 16.4 Å². The van der Waals surface area contributed by atoms with E-state index in [4.69, 9.17) is 10.2 Å². The first-order chi connectivity index (χ1) is 15.6. The molecular formula is C24H18N6O2. The molecule has 0 saturated carbocycles. The average Bonchev–Trinajstić information content (AvgIpc) is 2.79. The Morgan fingerprint density at radius 3 is 2.09 bits per heavy atom. The first kappa shape index (κ1) is 19.3. The summed E-state index contributed by atoms with van der Waals surface area (Å²) >= 11 is 0. The molecule has 5 rings (SSSR count). The number of nitrogens with one attached hydrogen (secondary N) is 2. The van der Waals surface area contributed by atoms with Gasteiger partial charge in [0.2, 0.25) is 17.8 Å². The number of fused-ring (bicyclic) bond motifs is 1. The molecule has 2 aromatic heterocycles. The Bertz CT molecular complexity index is 1450. The van der Waals surface area contributed by atoms with Gasteiger partial charge in [0, 0.05) is 22.8 Å². The molecule has 0 unspecified atom stereocenters. The molecule has 32 heavy (non-hydrogen) atoms. The van der Waals surface area contributed by atoms with Crippen LogP contribution in [0.25, 0.3) is 22.1 Å². The molecule has 0 fully saturated rings. The minimum atomic E-state index is -0.403. The molecule has 4 N–H and O–H groups in total. The molecule has 8 nitrogen and oxygen atoms in total. The van der Waals surface area contributed by atoms with Gasteiger partial charge in [0.15, 0.2) is 0 Å². The van der Waals surface area contributed by atoms with Crippen LogP contribution in [-0.2, 0) is 0 Å². The highest BCUT2D eigenvalue weighted by atomic mass is 16.4. The number of nitrogens with zero attached hydrogens (tertiary/aromatic N) is 3. The molecule has 0 spiro atoms. The molecule has 2 heterocycles. The highest BCUT2D eigenvalue weighted by Gasteiger charge is 2.10. The van der Waals surface area contributed by atoms with Crippen LogP contribution in [-0.4, -0.2) is 15.0 Å². The first-order valence-electron chi connectivity index (χ1n) is 9.88. The van der Waals surface area contributed by atoms with Gasteiger partial charge in [-0.2, -0.15) is 15.0 Å². The summed E-state index contributed by atoms with van der Waals surface area (Å²) in [5.41, 5.74) is 8.68. The summed E-state index contributed by atoms with van der Waals surface area (Å²) in [6.07, 6.45) is 0. The van der Waals surface area contributed by atoms with Crippen molar-refractivity contribution < 1.29 is 4.42 Å². The Hall–Kier alpha value is -4.72. The highest BCUT2D eigenvalue weighted by molar-refractivity contribution is 5.84. The molecule has 156 valence electrons. The lowest BCUT2D eigenvalue weighted by molar-refractivity contribution is 0.563. The molecule has 3 aromatic carbocycles. The van der Waals surface area contributed by atoms with Crippen molar-refractivity contribution in [1.29, 1.82) is 0 Å². The molecule has 0 saturated heterocycles. The number of benzene rings is 3. The summed E-state index contributed by atoms with van der Waals surface area (Å²) in [6.45, 7) is 0. The summed E-state index contributed by atoms with van der Waals surface area (Å²) in [5.74, 6) is 0.644. The number of nitrogens with two attached hydrogens (primary N) is 1. The molecule has 0 aliphatic rings. The van der Waals surface area contributed by atoms with Crippen LogP contribution in [0.15, 0.2) is 94.1 Å². The molecule has 0 atom stereocenters. The predicted octanol–water partition coefficient (Wildman–Crippen LogP) is 4.71. The minimum Gasteiger partial charge on any atom is -0.422 e. The van der Waals surface area contributed by atoms with Crippen molar-refractivity contribution in [2.45, 2.75) is 0 Å². The first-order valence-corrected chi connectivity index (χ1v) is 9.88. The molecule has 5 aromatic rings. The summed E-state index contributed by atoms with van der Waals surface area (Å²) in [7, 11) is 0. The standard InChI is InChI=1S/C24H18N6O2/c25-22-28-23(26-17-9-5-2-6-10-17)30-24(29-22)27-18-12-11-16-13-19(15-7-3-1-4-8-15)21(31)32-20(16)14-18/h1-14H,(H4,25,26,27,28,29,30). The molecule has 0 aliphatic heterocycles. The Morgan fingerprint density at radius 1 is 0.719 bits per heavy atom. The highest BCUT2D eigenvalue weighted by Crippen LogP contribution is 2.25. The van der Waals surface area contributed by atoms with Gasteiger partial charge in [0.05, 0.1) is 5.56 Å². The maximum Gasteiger partial charge on any atom is 0.344 e. The monoisotopic (exact) mass is 422 g/mol. The fraction of sp³-hybridized carbons (Fsp3) is 0. The van der Waals surface area contributed by atoms with E-state index in [1.54, 1.807) is 6.07 Å². The zero-order valence-electron chi connectivity index (χ0n) is 16.8. The Balaban J connectivity index is 1.44. The second-order valence-corrected chi connectivity index (χ2v) is 7.02. The number of para-hydroxylation sites is 1. The molecular weight excluding hydrogens is 404 g/mol. The van der Waals surface area contributed by atoms with Gasteiger partial charge in [0.25, 0.3) is 0 Å². The molecule has 0 amide bonds. The van der Waals surface area contributed by atoms with E-state index in [-0.39, 0.29) is 11.9 Å². The third kappa shape index (κ3) is 4.10. The van der Waals surface area contributed by atoms with Crippen molar-refractivity contribution in [2.24, 2.45) is 0 Å². The number of aromatic nitrogens is 3. The van der Waals surface area contributed by atoms with Gasteiger partial charge in [-0.1, -0.05) is 48.5 Å². The lowest BCUT2D eigenvalue weighted by atomic mass is 10.1. The van der Waals surface area contributed by atoms with Crippen LogP contribution in [0.3, 0.4) is 0 Å². The average molecular weight is 422 g/mol. The fourth-order valence-corrected chi connectivity index (χ4v) is 3.29. The SMILES string of the molecule is Nc1nc(Nc2ccccc2)nc(Nc2ccc3cc(-c4ccccc4)c(=O)oc3c2)n1. The van der Waals surface area contributed by atoms with Gasteiger partial charge in [0.1, 0.15) is 5.58 Å².